The van der Waals surface area contributed by atoms with E-state index < -0.39 is 0 Å². The fourth-order valence-electron chi connectivity index (χ4n) is 2.70. The van der Waals surface area contributed by atoms with Crippen LogP contribution in [-0.4, -0.2) is 26.0 Å². The summed E-state index contributed by atoms with van der Waals surface area (Å²) in [5.74, 6) is 0.0643. The lowest BCUT2D eigenvalue weighted by Gasteiger charge is -2.01. The number of H-pyrrole nitrogens is 1. The van der Waals surface area contributed by atoms with Crippen LogP contribution in [0.15, 0.2) is 57.1 Å². The molecule has 0 aliphatic rings. The van der Waals surface area contributed by atoms with Crippen LogP contribution < -0.4 is 5.56 Å². The van der Waals surface area contributed by atoms with Gasteiger partial charge in [0.05, 0.1) is 10.7 Å². The number of aryl methyl sites for hydroxylation is 1. The van der Waals surface area contributed by atoms with Gasteiger partial charge in [0.2, 0.25) is 0 Å². The molecule has 0 bridgehead atoms. The van der Waals surface area contributed by atoms with E-state index >= 15 is 0 Å². The monoisotopic (exact) mass is 396 g/mol. The van der Waals surface area contributed by atoms with Gasteiger partial charge in [0, 0.05) is 16.5 Å². The molecular formula is C18H13BrN4O2. The molecule has 0 fully saturated rings. The Hall–Kier alpha value is -2.93. The lowest BCUT2D eigenvalue weighted by atomic mass is 10.2. The number of para-hydroxylation sites is 1. The highest BCUT2D eigenvalue weighted by Crippen LogP contribution is 2.26. The number of phenols is 1. The van der Waals surface area contributed by atoms with Gasteiger partial charge in [-0.05, 0) is 47.1 Å². The van der Waals surface area contributed by atoms with E-state index in [9.17, 15) is 9.90 Å². The van der Waals surface area contributed by atoms with Crippen LogP contribution in [0.25, 0.3) is 21.9 Å². The van der Waals surface area contributed by atoms with Crippen molar-refractivity contribution in [3.63, 3.8) is 0 Å². The maximum atomic E-state index is 12.7. The molecule has 0 spiro atoms. The van der Waals surface area contributed by atoms with Crippen LogP contribution in [0, 0.1) is 6.92 Å². The molecule has 0 atom stereocenters. The zero-order valence-corrected chi connectivity index (χ0v) is 14.8. The third-order valence-corrected chi connectivity index (χ3v) is 4.62. The number of rotatable bonds is 2. The normalized spacial score (nSPS) is 11.8. The summed E-state index contributed by atoms with van der Waals surface area (Å²) in [5.41, 5.74) is 3.18. The van der Waals surface area contributed by atoms with Crippen molar-refractivity contribution in [1.29, 1.82) is 0 Å². The molecule has 2 aromatic heterocycles. The summed E-state index contributed by atoms with van der Waals surface area (Å²) in [7, 11) is 0. The number of halogens is 1. The van der Waals surface area contributed by atoms with Gasteiger partial charge in [-0.2, -0.15) is 9.78 Å². The van der Waals surface area contributed by atoms with E-state index in [0.717, 1.165) is 21.1 Å². The molecule has 0 aliphatic carbocycles. The quantitative estimate of drug-likeness (QED) is 0.508. The molecule has 2 N–H and O–H groups in total. The molecule has 4 rings (SSSR count). The summed E-state index contributed by atoms with van der Waals surface area (Å²) in [6.07, 6.45) is 2.80. The fraction of sp³-hybridized carbons (Fsp3) is 0.0556. The van der Waals surface area contributed by atoms with Crippen LogP contribution in [-0.2, 0) is 0 Å². The van der Waals surface area contributed by atoms with E-state index in [1.165, 1.54) is 12.5 Å². The largest absolute Gasteiger partial charge is 0.506 e. The molecule has 2 aromatic carbocycles. The zero-order valence-electron chi connectivity index (χ0n) is 13.2. The number of nitrogens with one attached hydrogen (secondary N) is 1. The molecule has 0 aliphatic heterocycles. The Bertz CT molecular complexity index is 1210. The van der Waals surface area contributed by atoms with Gasteiger partial charge in [-0.1, -0.05) is 17.7 Å². The van der Waals surface area contributed by atoms with E-state index in [4.69, 9.17) is 0 Å². The maximum Gasteiger partial charge on any atom is 0.298 e. The first-order chi connectivity index (χ1) is 12.0. The van der Waals surface area contributed by atoms with Crippen molar-refractivity contribution in [3.8, 4) is 5.75 Å². The zero-order chi connectivity index (χ0) is 17.6. The molecule has 6 nitrogen and oxygen atoms in total. The number of benzene rings is 2. The number of hydrogen-bond donors (Lipinski definition) is 2. The maximum absolute atomic E-state index is 12.7. The number of hydrogen-bond acceptors (Lipinski definition) is 4. The molecule has 0 unspecified atom stereocenters. The Morgan fingerprint density at radius 1 is 1.32 bits per heavy atom. The highest BCUT2D eigenvalue weighted by Gasteiger charge is 2.11. The van der Waals surface area contributed by atoms with Crippen molar-refractivity contribution in [1.82, 2.24) is 14.6 Å². The minimum absolute atomic E-state index is 0.0643. The summed E-state index contributed by atoms with van der Waals surface area (Å²) < 4.78 is 1.70. The van der Waals surface area contributed by atoms with Crippen molar-refractivity contribution < 1.29 is 5.11 Å². The fourth-order valence-corrected chi connectivity index (χ4v) is 3.08. The molecule has 4 aromatic rings. The number of fused-ring (bicyclic) bond motifs is 3. The van der Waals surface area contributed by atoms with E-state index in [0.29, 0.717) is 21.1 Å². The number of aromatic hydroxyl groups is 1. The van der Waals surface area contributed by atoms with Crippen molar-refractivity contribution in [2.75, 3.05) is 0 Å². The van der Waals surface area contributed by atoms with E-state index in [1.807, 2.05) is 25.1 Å². The molecule has 2 heterocycles. The van der Waals surface area contributed by atoms with Gasteiger partial charge >= 0.3 is 0 Å². The molecule has 25 heavy (non-hydrogen) atoms. The van der Waals surface area contributed by atoms with Gasteiger partial charge in [0.1, 0.15) is 23.1 Å². The highest BCUT2D eigenvalue weighted by atomic mass is 79.9. The molecule has 7 heteroatoms. The van der Waals surface area contributed by atoms with Crippen LogP contribution in [0.4, 0.5) is 0 Å². The topological polar surface area (TPSA) is 83.3 Å². The Morgan fingerprint density at radius 3 is 3.00 bits per heavy atom. The Balaban J connectivity index is 1.85. The summed E-state index contributed by atoms with van der Waals surface area (Å²) in [4.78, 5) is 20.1. The molecule has 0 saturated heterocycles. The Kier molecular flexibility index (Phi) is 3.65. The number of aromatic nitrogens is 3. The van der Waals surface area contributed by atoms with Crippen molar-refractivity contribution in [3.05, 3.63) is 68.7 Å². The predicted molar refractivity (Wildman–Crippen MR) is 101 cm³/mol. The Morgan fingerprint density at radius 2 is 2.16 bits per heavy atom. The number of nitrogens with zero attached hydrogens (tertiary/aromatic N) is 3. The van der Waals surface area contributed by atoms with Crippen LogP contribution in [0.2, 0.25) is 0 Å². The first kappa shape index (κ1) is 15.6. The summed E-state index contributed by atoms with van der Waals surface area (Å²) in [5, 5.41) is 15.0. The second kappa shape index (κ2) is 5.86. The van der Waals surface area contributed by atoms with Gasteiger partial charge in [0.25, 0.3) is 5.56 Å². The van der Waals surface area contributed by atoms with Crippen molar-refractivity contribution in [2.45, 2.75) is 6.92 Å². The standard InChI is InChI=1S/C18H13BrN4O2/c1-10-5-6-14-12(7-10)15-16(22-14)18(25)23(9-20-15)21-8-11-3-2-4-13(19)17(11)24/h2-9,22,24H,1H3. The predicted octanol–water partition coefficient (Wildman–Crippen LogP) is 3.54. The lowest BCUT2D eigenvalue weighted by Crippen LogP contribution is -2.17. The molecule has 124 valence electrons. The van der Waals surface area contributed by atoms with Crippen LogP contribution in [0.5, 0.6) is 5.75 Å². The van der Waals surface area contributed by atoms with E-state index in [1.54, 1.807) is 18.2 Å². The highest BCUT2D eigenvalue weighted by molar-refractivity contribution is 9.10. The average Bonchev–Trinajstić information content (AvgIpc) is 2.96. The molecule has 0 radical (unpaired) electrons. The lowest BCUT2D eigenvalue weighted by molar-refractivity contribution is 0.471. The first-order valence-electron chi connectivity index (χ1n) is 7.56. The second-order valence-corrected chi connectivity index (χ2v) is 6.57. The smallest absolute Gasteiger partial charge is 0.298 e. The van der Waals surface area contributed by atoms with Crippen LogP contribution >= 0.6 is 15.9 Å². The third kappa shape index (κ3) is 2.62. The van der Waals surface area contributed by atoms with Gasteiger partial charge in [0.15, 0.2) is 0 Å². The molecule has 0 amide bonds. The van der Waals surface area contributed by atoms with Gasteiger partial charge in [-0.3, -0.25) is 4.79 Å². The Labute approximate surface area is 150 Å². The number of phenolic OH excluding ortho intramolecular Hbond substituents is 1. The molecular weight excluding hydrogens is 384 g/mol. The molecule has 0 saturated carbocycles. The average molecular weight is 397 g/mol. The van der Waals surface area contributed by atoms with Gasteiger partial charge in [-0.25, -0.2) is 4.98 Å². The van der Waals surface area contributed by atoms with Gasteiger partial charge in [-0.15, -0.1) is 0 Å². The summed E-state index contributed by atoms with van der Waals surface area (Å²) >= 11 is 3.25. The van der Waals surface area contributed by atoms with Crippen LogP contribution in [0.1, 0.15) is 11.1 Å². The SMILES string of the molecule is Cc1ccc2[nH]c3c(=O)n(N=Cc4cccc(Br)c4O)cnc3c2c1. The van der Waals surface area contributed by atoms with Crippen molar-refractivity contribution in [2.24, 2.45) is 5.10 Å². The second-order valence-electron chi connectivity index (χ2n) is 5.71. The van der Waals surface area contributed by atoms with Crippen LogP contribution in [0.3, 0.4) is 0 Å². The first-order valence-corrected chi connectivity index (χ1v) is 8.35. The minimum atomic E-state index is -0.301. The van der Waals surface area contributed by atoms with Crippen molar-refractivity contribution >= 4 is 44.1 Å². The number of aromatic amines is 1. The minimum Gasteiger partial charge on any atom is -0.506 e. The summed E-state index contributed by atoms with van der Waals surface area (Å²) in [6.45, 7) is 1.99. The van der Waals surface area contributed by atoms with Gasteiger partial charge < -0.3 is 10.1 Å². The third-order valence-electron chi connectivity index (χ3n) is 3.98. The summed E-state index contributed by atoms with van der Waals surface area (Å²) in [6, 6.07) is 11.1. The van der Waals surface area contributed by atoms with E-state index in [-0.39, 0.29) is 11.3 Å². The van der Waals surface area contributed by atoms with E-state index in [2.05, 4.69) is 31.0 Å².